The van der Waals surface area contributed by atoms with E-state index in [9.17, 15) is 9.59 Å². The minimum atomic E-state index is -0.577. The third kappa shape index (κ3) is 4.39. The fourth-order valence-electron chi connectivity index (χ4n) is 5.29. The van der Waals surface area contributed by atoms with Crippen LogP contribution in [0, 0.1) is 0 Å². The molecule has 1 saturated carbocycles. The number of carbonyl (C=O) groups excluding carboxylic acids is 2. The van der Waals surface area contributed by atoms with E-state index in [-0.39, 0.29) is 18.4 Å². The minimum Gasteiger partial charge on any atom is -0.369 e. The second-order valence-corrected chi connectivity index (χ2v) is 9.55. The van der Waals surface area contributed by atoms with Gasteiger partial charge in [0, 0.05) is 30.7 Å². The van der Waals surface area contributed by atoms with E-state index in [1.165, 1.54) is 35.7 Å². The number of fused-ring (bicyclic) bond motifs is 1. The Kier molecular flexibility index (Phi) is 6.26. The molecule has 5 rings (SSSR count). The summed E-state index contributed by atoms with van der Waals surface area (Å²) in [5.41, 5.74) is 10.1. The average Bonchev–Trinajstić information content (AvgIpc) is 3.15. The molecule has 0 spiro atoms. The summed E-state index contributed by atoms with van der Waals surface area (Å²) >= 11 is 0. The molecule has 7 heteroatoms. The molecule has 2 heterocycles. The SMILES string of the molecule is CCc1nn(C2CCC2)c2cc(N3CCN(C(=O)CC(N)=O)[C@@H](Cc4ccccc4)C3)ccc12. The first-order chi connectivity index (χ1) is 16.5. The first-order valence-corrected chi connectivity index (χ1v) is 12.4. The predicted molar refractivity (Wildman–Crippen MR) is 134 cm³/mol. The third-order valence-corrected chi connectivity index (χ3v) is 7.33. The van der Waals surface area contributed by atoms with Crippen molar-refractivity contribution in [3.8, 4) is 0 Å². The van der Waals surface area contributed by atoms with Gasteiger partial charge in [0.05, 0.1) is 23.3 Å². The lowest BCUT2D eigenvalue weighted by atomic mass is 9.93. The Hall–Kier alpha value is -3.35. The second kappa shape index (κ2) is 9.49. The summed E-state index contributed by atoms with van der Waals surface area (Å²) in [5.74, 6) is -0.758. The van der Waals surface area contributed by atoms with E-state index in [1.807, 2.05) is 23.1 Å². The van der Waals surface area contributed by atoms with Crippen molar-refractivity contribution in [2.75, 3.05) is 24.5 Å². The van der Waals surface area contributed by atoms with Crippen molar-refractivity contribution >= 4 is 28.4 Å². The molecule has 34 heavy (non-hydrogen) atoms. The Balaban J connectivity index is 1.43. The number of hydrogen-bond donors (Lipinski definition) is 1. The number of amides is 2. The molecule has 7 nitrogen and oxygen atoms in total. The van der Waals surface area contributed by atoms with Crippen LogP contribution in [0.25, 0.3) is 10.9 Å². The van der Waals surface area contributed by atoms with E-state index in [2.05, 4.69) is 46.8 Å². The Morgan fingerprint density at radius 1 is 1.09 bits per heavy atom. The highest BCUT2D eigenvalue weighted by Crippen LogP contribution is 2.36. The molecule has 1 atom stereocenters. The van der Waals surface area contributed by atoms with Crippen LogP contribution in [0.4, 0.5) is 5.69 Å². The van der Waals surface area contributed by atoms with E-state index in [4.69, 9.17) is 10.8 Å². The van der Waals surface area contributed by atoms with Crippen LogP contribution in [-0.4, -0.2) is 52.2 Å². The summed E-state index contributed by atoms with van der Waals surface area (Å²) in [6.45, 7) is 4.17. The van der Waals surface area contributed by atoms with Crippen molar-refractivity contribution in [3.05, 3.63) is 59.8 Å². The minimum absolute atomic E-state index is 0.0264. The largest absolute Gasteiger partial charge is 0.369 e. The first kappa shape index (κ1) is 22.4. The number of nitrogens with two attached hydrogens (primary N) is 1. The van der Waals surface area contributed by atoms with Gasteiger partial charge >= 0.3 is 0 Å². The zero-order valence-corrected chi connectivity index (χ0v) is 19.8. The number of anilines is 1. The lowest BCUT2D eigenvalue weighted by Crippen LogP contribution is -2.56. The van der Waals surface area contributed by atoms with Gasteiger partial charge in [0.2, 0.25) is 11.8 Å². The van der Waals surface area contributed by atoms with E-state index < -0.39 is 5.91 Å². The number of benzene rings is 2. The van der Waals surface area contributed by atoms with Crippen molar-refractivity contribution in [2.45, 2.75) is 57.5 Å². The van der Waals surface area contributed by atoms with Gasteiger partial charge in [-0.05, 0) is 55.9 Å². The Morgan fingerprint density at radius 2 is 1.88 bits per heavy atom. The molecular formula is C27H33N5O2. The van der Waals surface area contributed by atoms with Gasteiger partial charge in [-0.1, -0.05) is 37.3 Å². The molecule has 2 N–H and O–H groups in total. The summed E-state index contributed by atoms with van der Waals surface area (Å²) in [6.07, 6.45) is 5.10. The lowest BCUT2D eigenvalue weighted by molar-refractivity contribution is -0.137. The summed E-state index contributed by atoms with van der Waals surface area (Å²) in [6, 6.07) is 17.4. The van der Waals surface area contributed by atoms with Crippen LogP contribution in [-0.2, 0) is 22.4 Å². The van der Waals surface area contributed by atoms with Crippen LogP contribution in [0.2, 0.25) is 0 Å². The topological polar surface area (TPSA) is 84.5 Å². The standard InChI is InChI=1S/C27H33N5O2/c1-2-24-23-12-11-21(16-25(23)32(29-24)20-9-6-10-20)30-13-14-31(27(34)17-26(28)33)22(18-30)15-19-7-4-3-5-8-19/h3-5,7-8,11-12,16,20,22H,2,6,9-10,13-15,17-18H2,1H3,(H2,28,33)/t22-/m0/s1. The number of rotatable bonds is 7. The monoisotopic (exact) mass is 459 g/mol. The summed E-state index contributed by atoms with van der Waals surface area (Å²) < 4.78 is 2.25. The van der Waals surface area contributed by atoms with E-state index in [0.717, 1.165) is 30.8 Å². The van der Waals surface area contributed by atoms with Crippen molar-refractivity contribution in [3.63, 3.8) is 0 Å². The average molecular weight is 460 g/mol. The molecule has 178 valence electrons. The zero-order chi connectivity index (χ0) is 23.7. The second-order valence-electron chi connectivity index (χ2n) is 9.55. The van der Waals surface area contributed by atoms with Gasteiger partial charge < -0.3 is 15.5 Å². The quantitative estimate of drug-likeness (QED) is 0.549. The van der Waals surface area contributed by atoms with Gasteiger partial charge in [-0.15, -0.1) is 0 Å². The number of aryl methyl sites for hydroxylation is 1. The van der Waals surface area contributed by atoms with Gasteiger partial charge in [-0.2, -0.15) is 5.10 Å². The molecule has 2 aliphatic rings. The van der Waals surface area contributed by atoms with Crippen LogP contribution in [0.15, 0.2) is 48.5 Å². The molecule has 2 amide bonds. The number of aromatic nitrogens is 2. The Labute approximate surface area is 200 Å². The smallest absolute Gasteiger partial charge is 0.232 e. The van der Waals surface area contributed by atoms with Gasteiger partial charge in [0.1, 0.15) is 6.42 Å². The molecule has 3 aromatic rings. The Morgan fingerprint density at radius 3 is 2.56 bits per heavy atom. The lowest BCUT2D eigenvalue weighted by Gasteiger charge is -2.42. The maximum absolute atomic E-state index is 12.8. The van der Waals surface area contributed by atoms with Gasteiger partial charge in [0.15, 0.2) is 0 Å². The third-order valence-electron chi connectivity index (χ3n) is 7.33. The number of piperazine rings is 1. The first-order valence-electron chi connectivity index (χ1n) is 12.4. The van der Waals surface area contributed by atoms with E-state index >= 15 is 0 Å². The van der Waals surface area contributed by atoms with Crippen molar-refractivity contribution in [1.82, 2.24) is 14.7 Å². The molecule has 1 saturated heterocycles. The number of carbonyl (C=O) groups is 2. The molecule has 1 aliphatic heterocycles. The number of hydrogen-bond acceptors (Lipinski definition) is 4. The van der Waals surface area contributed by atoms with Crippen LogP contribution in [0.3, 0.4) is 0 Å². The fourth-order valence-corrected chi connectivity index (χ4v) is 5.29. The maximum atomic E-state index is 12.8. The van der Waals surface area contributed by atoms with Gasteiger partial charge in [-0.25, -0.2) is 0 Å². The molecule has 1 aliphatic carbocycles. The van der Waals surface area contributed by atoms with Gasteiger partial charge in [-0.3, -0.25) is 14.3 Å². The molecule has 2 fully saturated rings. The molecule has 0 unspecified atom stereocenters. The fraction of sp³-hybridized carbons (Fsp3) is 0.444. The van der Waals surface area contributed by atoms with Crippen LogP contribution in [0.1, 0.15) is 49.9 Å². The highest BCUT2D eigenvalue weighted by molar-refractivity contribution is 5.96. The summed E-state index contributed by atoms with van der Waals surface area (Å²) in [4.78, 5) is 28.5. The van der Waals surface area contributed by atoms with E-state index in [0.29, 0.717) is 19.1 Å². The zero-order valence-electron chi connectivity index (χ0n) is 19.8. The number of nitrogens with zero attached hydrogens (tertiary/aromatic N) is 4. The highest BCUT2D eigenvalue weighted by atomic mass is 16.2. The maximum Gasteiger partial charge on any atom is 0.232 e. The van der Waals surface area contributed by atoms with Crippen LogP contribution >= 0.6 is 0 Å². The number of primary amides is 1. The summed E-state index contributed by atoms with van der Waals surface area (Å²) in [7, 11) is 0. The molecule has 0 bridgehead atoms. The summed E-state index contributed by atoms with van der Waals surface area (Å²) in [5, 5.41) is 6.20. The molecular weight excluding hydrogens is 426 g/mol. The van der Waals surface area contributed by atoms with Crippen molar-refractivity contribution in [2.24, 2.45) is 5.73 Å². The Bertz CT molecular complexity index is 1180. The van der Waals surface area contributed by atoms with Crippen LogP contribution < -0.4 is 10.6 Å². The molecule has 0 radical (unpaired) electrons. The van der Waals surface area contributed by atoms with Gasteiger partial charge in [0.25, 0.3) is 0 Å². The van der Waals surface area contributed by atoms with Crippen molar-refractivity contribution in [1.29, 1.82) is 0 Å². The predicted octanol–water partition coefficient (Wildman–Crippen LogP) is 3.46. The normalized spacial score (nSPS) is 18.8. The van der Waals surface area contributed by atoms with Crippen LogP contribution in [0.5, 0.6) is 0 Å². The highest BCUT2D eigenvalue weighted by Gasteiger charge is 2.32. The molecule has 2 aromatic carbocycles. The molecule has 1 aromatic heterocycles. The van der Waals surface area contributed by atoms with Crippen molar-refractivity contribution < 1.29 is 9.59 Å². The van der Waals surface area contributed by atoms with E-state index in [1.54, 1.807) is 0 Å².